The monoisotopic (exact) mass is 452 g/mol. The standard InChI is InChI=1S/C21H25ClN2O5S/c1-21(2)12-18(17-11-16(28-3)9-10-19(17)29-21)23-20(25)13-24(30(4,26)27)15-7-5-14(22)6-8-15/h5-11,18H,12-13H2,1-4H3,(H,23,25). The van der Waals surface area contributed by atoms with Crippen molar-refractivity contribution in [3.8, 4) is 11.5 Å². The molecule has 1 amide bonds. The average molecular weight is 453 g/mol. The second-order valence-corrected chi connectivity index (χ2v) is 10.2. The van der Waals surface area contributed by atoms with Gasteiger partial charge in [-0.3, -0.25) is 9.10 Å². The summed E-state index contributed by atoms with van der Waals surface area (Å²) in [5.74, 6) is 0.886. The molecule has 0 radical (unpaired) electrons. The number of hydrogen-bond acceptors (Lipinski definition) is 5. The third kappa shape index (κ3) is 5.17. The second-order valence-electron chi connectivity index (χ2n) is 7.84. The van der Waals surface area contributed by atoms with Gasteiger partial charge in [0.05, 0.1) is 25.1 Å². The van der Waals surface area contributed by atoms with Crippen LogP contribution >= 0.6 is 11.6 Å². The maximum atomic E-state index is 12.9. The van der Waals surface area contributed by atoms with Gasteiger partial charge in [-0.15, -0.1) is 0 Å². The van der Waals surface area contributed by atoms with Crippen LogP contribution in [0.1, 0.15) is 31.9 Å². The van der Waals surface area contributed by atoms with Crippen LogP contribution in [0.2, 0.25) is 5.02 Å². The molecular weight excluding hydrogens is 428 g/mol. The highest BCUT2D eigenvalue weighted by atomic mass is 35.5. The molecule has 0 fully saturated rings. The molecule has 0 bridgehead atoms. The normalized spacial score (nSPS) is 17.4. The summed E-state index contributed by atoms with van der Waals surface area (Å²) in [6.07, 6.45) is 1.59. The van der Waals surface area contributed by atoms with Crippen LogP contribution in [0.4, 0.5) is 5.69 Å². The van der Waals surface area contributed by atoms with Crippen molar-refractivity contribution in [3.63, 3.8) is 0 Å². The van der Waals surface area contributed by atoms with Gasteiger partial charge in [-0.05, 0) is 56.3 Å². The molecule has 162 valence electrons. The Labute approximate surface area is 182 Å². The second kappa shape index (κ2) is 8.35. The van der Waals surface area contributed by atoms with E-state index in [1.54, 1.807) is 37.4 Å². The van der Waals surface area contributed by atoms with Crippen molar-refractivity contribution in [1.29, 1.82) is 0 Å². The molecule has 0 saturated carbocycles. The topological polar surface area (TPSA) is 84.9 Å². The summed E-state index contributed by atoms with van der Waals surface area (Å²) in [4.78, 5) is 12.9. The van der Waals surface area contributed by atoms with Crippen LogP contribution in [-0.2, 0) is 14.8 Å². The first-order chi connectivity index (χ1) is 14.0. The maximum Gasteiger partial charge on any atom is 0.241 e. The van der Waals surface area contributed by atoms with Gasteiger partial charge >= 0.3 is 0 Å². The molecule has 9 heteroatoms. The van der Waals surface area contributed by atoms with Crippen LogP contribution in [0.5, 0.6) is 11.5 Å². The summed E-state index contributed by atoms with van der Waals surface area (Å²) in [5, 5.41) is 3.44. The van der Waals surface area contributed by atoms with Crippen LogP contribution in [0.15, 0.2) is 42.5 Å². The van der Waals surface area contributed by atoms with E-state index in [0.717, 1.165) is 16.1 Å². The molecule has 30 heavy (non-hydrogen) atoms. The van der Waals surface area contributed by atoms with Gasteiger partial charge in [-0.2, -0.15) is 0 Å². The highest BCUT2D eigenvalue weighted by Gasteiger charge is 2.35. The number of fused-ring (bicyclic) bond motifs is 1. The fourth-order valence-corrected chi connectivity index (χ4v) is 4.45. The van der Waals surface area contributed by atoms with E-state index in [9.17, 15) is 13.2 Å². The molecule has 1 unspecified atom stereocenters. The Morgan fingerprint density at radius 2 is 1.93 bits per heavy atom. The molecule has 1 aliphatic heterocycles. The lowest BCUT2D eigenvalue weighted by atomic mass is 9.89. The number of nitrogens with one attached hydrogen (secondary N) is 1. The van der Waals surface area contributed by atoms with E-state index in [1.807, 2.05) is 26.0 Å². The number of hydrogen-bond donors (Lipinski definition) is 1. The number of benzene rings is 2. The smallest absolute Gasteiger partial charge is 0.241 e. The van der Waals surface area contributed by atoms with Gasteiger partial charge in [0.2, 0.25) is 15.9 Å². The summed E-state index contributed by atoms with van der Waals surface area (Å²) in [7, 11) is -2.11. The van der Waals surface area contributed by atoms with Crippen molar-refractivity contribution >= 4 is 33.2 Å². The first-order valence-electron chi connectivity index (χ1n) is 9.38. The Morgan fingerprint density at radius 3 is 2.53 bits per heavy atom. The highest BCUT2D eigenvalue weighted by Crippen LogP contribution is 2.41. The lowest BCUT2D eigenvalue weighted by molar-refractivity contribution is -0.120. The molecule has 0 aliphatic carbocycles. The lowest BCUT2D eigenvalue weighted by Crippen LogP contribution is -2.45. The third-order valence-corrected chi connectivity index (χ3v) is 6.20. The molecule has 1 N–H and O–H groups in total. The Hall–Kier alpha value is -2.45. The molecule has 3 rings (SSSR count). The largest absolute Gasteiger partial charge is 0.497 e. The molecular formula is C21H25ClN2O5S. The summed E-state index contributed by atoms with van der Waals surface area (Å²) in [6, 6.07) is 11.4. The molecule has 2 aromatic rings. The van der Waals surface area contributed by atoms with E-state index < -0.39 is 21.5 Å². The number of ether oxygens (including phenoxy) is 2. The average Bonchev–Trinajstić information content (AvgIpc) is 2.65. The predicted octanol–water partition coefficient (Wildman–Crippen LogP) is 3.53. The fourth-order valence-electron chi connectivity index (χ4n) is 3.47. The minimum absolute atomic E-state index is 0.349. The summed E-state index contributed by atoms with van der Waals surface area (Å²) in [6.45, 7) is 3.53. The van der Waals surface area contributed by atoms with Crippen LogP contribution in [0, 0.1) is 0 Å². The highest BCUT2D eigenvalue weighted by molar-refractivity contribution is 7.92. The minimum Gasteiger partial charge on any atom is -0.497 e. The van der Waals surface area contributed by atoms with E-state index >= 15 is 0 Å². The van der Waals surface area contributed by atoms with Crippen molar-refractivity contribution in [1.82, 2.24) is 5.32 Å². The number of sulfonamides is 1. The molecule has 1 heterocycles. The zero-order valence-electron chi connectivity index (χ0n) is 17.3. The van der Waals surface area contributed by atoms with E-state index in [-0.39, 0.29) is 12.6 Å². The molecule has 2 aromatic carbocycles. The number of nitrogens with zero attached hydrogens (tertiary/aromatic N) is 1. The van der Waals surface area contributed by atoms with Crippen molar-refractivity contribution < 1.29 is 22.7 Å². The summed E-state index contributed by atoms with van der Waals surface area (Å²) in [5.41, 5.74) is 0.664. The Morgan fingerprint density at radius 1 is 1.27 bits per heavy atom. The number of methoxy groups -OCH3 is 1. The van der Waals surface area contributed by atoms with Crippen LogP contribution in [-0.4, -0.2) is 39.8 Å². The molecule has 0 aromatic heterocycles. The van der Waals surface area contributed by atoms with Gasteiger partial charge in [-0.1, -0.05) is 11.6 Å². The summed E-state index contributed by atoms with van der Waals surface area (Å²) < 4.78 is 37.0. The third-order valence-electron chi connectivity index (χ3n) is 4.81. The Bertz CT molecular complexity index is 1040. The van der Waals surface area contributed by atoms with Gasteiger partial charge in [-0.25, -0.2) is 8.42 Å². The van der Waals surface area contributed by atoms with E-state index in [1.165, 1.54) is 0 Å². The van der Waals surface area contributed by atoms with Crippen molar-refractivity contribution in [2.45, 2.75) is 31.9 Å². The molecule has 1 atom stereocenters. The van der Waals surface area contributed by atoms with Crippen LogP contribution < -0.4 is 19.1 Å². The van der Waals surface area contributed by atoms with Crippen molar-refractivity contribution in [2.24, 2.45) is 0 Å². The zero-order valence-corrected chi connectivity index (χ0v) is 18.9. The van der Waals surface area contributed by atoms with Gasteiger partial charge < -0.3 is 14.8 Å². The number of carbonyl (C=O) groups excluding carboxylic acids is 1. The van der Waals surface area contributed by atoms with Crippen molar-refractivity contribution in [3.05, 3.63) is 53.1 Å². The Balaban J connectivity index is 1.84. The van der Waals surface area contributed by atoms with Gasteiger partial charge in [0.15, 0.2) is 0 Å². The quantitative estimate of drug-likeness (QED) is 0.724. The molecule has 0 spiro atoms. The number of amides is 1. The van der Waals surface area contributed by atoms with Gasteiger partial charge in [0.1, 0.15) is 23.6 Å². The van der Waals surface area contributed by atoms with E-state index in [4.69, 9.17) is 21.1 Å². The zero-order chi connectivity index (χ0) is 22.1. The van der Waals surface area contributed by atoms with E-state index in [0.29, 0.717) is 28.6 Å². The minimum atomic E-state index is -3.68. The molecule has 7 nitrogen and oxygen atoms in total. The first kappa shape index (κ1) is 22.2. The van der Waals surface area contributed by atoms with Crippen LogP contribution in [0.25, 0.3) is 0 Å². The van der Waals surface area contributed by atoms with Crippen LogP contribution in [0.3, 0.4) is 0 Å². The SMILES string of the molecule is COc1ccc2c(c1)C(NC(=O)CN(c1ccc(Cl)cc1)S(C)(=O)=O)CC(C)(C)O2. The van der Waals surface area contributed by atoms with Crippen molar-refractivity contribution in [2.75, 3.05) is 24.2 Å². The number of rotatable bonds is 6. The number of anilines is 1. The molecule has 0 saturated heterocycles. The fraction of sp³-hybridized carbons (Fsp3) is 0.381. The Kier molecular flexibility index (Phi) is 6.19. The molecule has 1 aliphatic rings. The predicted molar refractivity (Wildman–Crippen MR) is 117 cm³/mol. The number of halogens is 1. The van der Waals surface area contributed by atoms with E-state index in [2.05, 4.69) is 5.32 Å². The van der Waals surface area contributed by atoms with Gasteiger partial charge in [0.25, 0.3) is 0 Å². The maximum absolute atomic E-state index is 12.9. The first-order valence-corrected chi connectivity index (χ1v) is 11.6. The number of carbonyl (C=O) groups is 1. The summed E-state index contributed by atoms with van der Waals surface area (Å²) >= 11 is 5.90. The lowest BCUT2D eigenvalue weighted by Gasteiger charge is -2.38. The van der Waals surface area contributed by atoms with Gasteiger partial charge in [0, 0.05) is 17.0 Å².